The van der Waals surface area contributed by atoms with E-state index in [0.29, 0.717) is 6.04 Å². The Labute approximate surface area is 114 Å². The minimum Gasteiger partial charge on any atom is -0.381 e. The largest absolute Gasteiger partial charge is 0.381 e. The highest BCUT2D eigenvalue weighted by molar-refractivity contribution is 7.89. The molecular formula is C13H20N2O3S. The van der Waals surface area contributed by atoms with E-state index in [1.165, 1.54) is 0 Å². The molecule has 1 aromatic carbocycles. The summed E-state index contributed by atoms with van der Waals surface area (Å²) in [5.74, 6) is 0. The molecule has 3 N–H and O–H groups in total. The van der Waals surface area contributed by atoms with Crippen LogP contribution in [0, 0.1) is 0 Å². The van der Waals surface area contributed by atoms with Crippen LogP contribution in [-0.4, -0.2) is 34.2 Å². The molecule has 1 aliphatic heterocycles. The van der Waals surface area contributed by atoms with E-state index in [4.69, 9.17) is 9.88 Å². The van der Waals surface area contributed by atoms with Gasteiger partial charge in [0.05, 0.1) is 4.90 Å². The molecule has 0 amide bonds. The minimum absolute atomic E-state index is 0.161. The average Bonchev–Trinajstić information content (AvgIpc) is 2.39. The first-order valence-electron chi connectivity index (χ1n) is 6.48. The maximum absolute atomic E-state index is 11.1. The van der Waals surface area contributed by atoms with E-state index in [9.17, 15) is 8.42 Å². The quantitative estimate of drug-likeness (QED) is 0.831. The van der Waals surface area contributed by atoms with Crippen LogP contribution in [-0.2, 0) is 21.2 Å². The molecule has 0 saturated carbocycles. The second-order valence-corrected chi connectivity index (χ2v) is 6.34. The van der Waals surface area contributed by atoms with Crippen molar-refractivity contribution in [3.8, 4) is 0 Å². The summed E-state index contributed by atoms with van der Waals surface area (Å²) in [5, 5.41) is 8.54. The highest BCUT2D eigenvalue weighted by Crippen LogP contribution is 2.10. The fraction of sp³-hybridized carbons (Fsp3) is 0.538. The molecule has 1 fully saturated rings. The first kappa shape index (κ1) is 14.5. The standard InChI is InChI=1S/C13H20N2O3S/c14-19(16,17)13-3-1-11(2-4-13)5-8-15-12-6-9-18-10-7-12/h1-4,12,15H,5-10H2,(H2,14,16,17). The molecule has 0 atom stereocenters. The first-order valence-corrected chi connectivity index (χ1v) is 8.03. The Hall–Kier alpha value is -0.950. The molecular weight excluding hydrogens is 264 g/mol. The summed E-state index contributed by atoms with van der Waals surface area (Å²) in [7, 11) is -3.59. The highest BCUT2D eigenvalue weighted by Gasteiger charge is 2.12. The summed E-state index contributed by atoms with van der Waals surface area (Å²) < 4.78 is 27.5. The van der Waals surface area contributed by atoms with Gasteiger partial charge >= 0.3 is 0 Å². The molecule has 1 aromatic rings. The van der Waals surface area contributed by atoms with Gasteiger partial charge in [-0.15, -0.1) is 0 Å². The molecule has 19 heavy (non-hydrogen) atoms. The van der Waals surface area contributed by atoms with Gasteiger partial charge in [-0.1, -0.05) is 12.1 Å². The molecule has 6 heteroatoms. The summed E-state index contributed by atoms with van der Waals surface area (Å²) in [6.45, 7) is 2.56. The van der Waals surface area contributed by atoms with Crippen molar-refractivity contribution in [1.82, 2.24) is 5.32 Å². The third kappa shape index (κ3) is 4.58. The molecule has 1 aliphatic rings. The lowest BCUT2D eigenvalue weighted by molar-refractivity contribution is 0.0782. The number of hydrogen-bond acceptors (Lipinski definition) is 4. The number of nitrogens with two attached hydrogens (primary N) is 1. The average molecular weight is 284 g/mol. The molecule has 0 unspecified atom stereocenters. The van der Waals surface area contributed by atoms with Gasteiger partial charge in [0.2, 0.25) is 10.0 Å². The number of hydrogen-bond donors (Lipinski definition) is 2. The van der Waals surface area contributed by atoms with Crippen LogP contribution in [0.1, 0.15) is 18.4 Å². The van der Waals surface area contributed by atoms with Gasteiger partial charge < -0.3 is 10.1 Å². The van der Waals surface area contributed by atoms with E-state index in [-0.39, 0.29) is 4.90 Å². The van der Waals surface area contributed by atoms with Crippen molar-refractivity contribution in [3.05, 3.63) is 29.8 Å². The third-order valence-electron chi connectivity index (χ3n) is 3.32. The lowest BCUT2D eigenvalue weighted by Crippen LogP contribution is -2.35. The van der Waals surface area contributed by atoms with Gasteiger partial charge in [-0.2, -0.15) is 0 Å². The molecule has 0 aliphatic carbocycles. The van der Waals surface area contributed by atoms with E-state index in [1.54, 1.807) is 12.1 Å². The molecule has 1 heterocycles. The molecule has 5 nitrogen and oxygen atoms in total. The maximum Gasteiger partial charge on any atom is 0.238 e. The fourth-order valence-corrected chi connectivity index (χ4v) is 2.68. The molecule has 0 aromatic heterocycles. The van der Waals surface area contributed by atoms with Gasteiger partial charge in [0.15, 0.2) is 0 Å². The van der Waals surface area contributed by atoms with Gasteiger partial charge in [-0.3, -0.25) is 0 Å². The second-order valence-electron chi connectivity index (χ2n) is 4.78. The minimum atomic E-state index is -3.59. The number of benzene rings is 1. The number of sulfonamides is 1. The first-order chi connectivity index (χ1) is 9.05. The van der Waals surface area contributed by atoms with E-state index in [0.717, 1.165) is 44.6 Å². The number of rotatable bonds is 5. The summed E-state index contributed by atoms with van der Waals surface area (Å²) in [5.41, 5.74) is 1.10. The fourth-order valence-electron chi connectivity index (χ4n) is 2.17. The number of ether oxygens (including phenoxy) is 1. The van der Waals surface area contributed by atoms with Crippen molar-refractivity contribution in [3.63, 3.8) is 0 Å². The Kier molecular flexibility index (Phi) is 4.93. The van der Waals surface area contributed by atoms with Crippen LogP contribution >= 0.6 is 0 Å². The summed E-state index contributed by atoms with van der Waals surface area (Å²) >= 11 is 0. The molecule has 0 spiro atoms. The van der Waals surface area contributed by atoms with Crippen molar-refractivity contribution in [1.29, 1.82) is 0 Å². The van der Waals surface area contributed by atoms with Gasteiger partial charge in [0, 0.05) is 19.3 Å². The Balaban J connectivity index is 1.80. The zero-order chi connectivity index (χ0) is 13.7. The van der Waals surface area contributed by atoms with E-state index >= 15 is 0 Å². The van der Waals surface area contributed by atoms with Crippen molar-refractivity contribution in [2.45, 2.75) is 30.2 Å². The van der Waals surface area contributed by atoms with Gasteiger partial charge in [-0.05, 0) is 43.5 Å². The van der Waals surface area contributed by atoms with Crippen LogP contribution in [0.15, 0.2) is 29.2 Å². The van der Waals surface area contributed by atoms with E-state index in [2.05, 4.69) is 5.32 Å². The summed E-state index contributed by atoms with van der Waals surface area (Å²) in [6, 6.07) is 7.27. The topological polar surface area (TPSA) is 81.4 Å². The molecule has 0 bridgehead atoms. The Morgan fingerprint density at radius 3 is 2.42 bits per heavy atom. The van der Waals surface area contributed by atoms with E-state index < -0.39 is 10.0 Å². The zero-order valence-corrected chi connectivity index (χ0v) is 11.7. The third-order valence-corrected chi connectivity index (χ3v) is 4.25. The van der Waals surface area contributed by atoms with Crippen LogP contribution in [0.4, 0.5) is 0 Å². The van der Waals surface area contributed by atoms with Crippen LogP contribution in [0.3, 0.4) is 0 Å². The van der Waals surface area contributed by atoms with Crippen molar-refractivity contribution in [2.75, 3.05) is 19.8 Å². The van der Waals surface area contributed by atoms with Crippen LogP contribution in [0.5, 0.6) is 0 Å². The lowest BCUT2D eigenvalue weighted by atomic mass is 10.1. The van der Waals surface area contributed by atoms with Crippen LogP contribution in [0.25, 0.3) is 0 Å². The lowest BCUT2D eigenvalue weighted by Gasteiger charge is -2.23. The Morgan fingerprint density at radius 2 is 1.84 bits per heavy atom. The normalized spacial score (nSPS) is 17.5. The van der Waals surface area contributed by atoms with Gasteiger partial charge in [-0.25, -0.2) is 13.6 Å². The van der Waals surface area contributed by atoms with Crippen LogP contribution < -0.4 is 10.5 Å². The SMILES string of the molecule is NS(=O)(=O)c1ccc(CCNC2CCOCC2)cc1. The monoisotopic (exact) mass is 284 g/mol. The van der Waals surface area contributed by atoms with Crippen molar-refractivity contribution < 1.29 is 13.2 Å². The molecule has 2 rings (SSSR count). The maximum atomic E-state index is 11.1. The summed E-state index contributed by atoms with van der Waals surface area (Å²) in [4.78, 5) is 0.161. The van der Waals surface area contributed by atoms with Crippen LogP contribution in [0.2, 0.25) is 0 Å². The summed E-state index contributed by atoms with van der Waals surface area (Å²) in [6.07, 6.45) is 3.00. The second kappa shape index (κ2) is 6.47. The molecule has 1 saturated heterocycles. The highest BCUT2D eigenvalue weighted by atomic mass is 32.2. The van der Waals surface area contributed by atoms with Gasteiger partial charge in [0.25, 0.3) is 0 Å². The predicted molar refractivity (Wildman–Crippen MR) is 73.4 cm³/mol. The Bertz CT molecular complexity index is 493. The zero-order valence-electron chi connectivity index (χ0n) is 10.8. The smallest absolute Gasteiger partial charge is 0.238 e. The predicted octanol–water partition coefficient (Wildman–Crippen LogP) is 0.645. The Morgan fingerprint density at radius 1 is 1.21 bits per heavy atom. The van der Waals surface area contributed by atoms with E-state index in [1.807, 2.05) is 12.1 Å². The van der Waals surface area contributed by atoms with Crippen molar-refractivity contribution in [2.24, 2.45) is 5.14 Å². The number of primary sulfonamides is 1. The number of nitrogens with one attached hydrogen (secondary N) is 1. The molecule has 106 valence electrons. The van der Waals surface area contributed by atoms with Gasteiger partial charge in [0.1, 0.15) is 0 Å². The van der Waals surface area contributed by atoms with Crippen molar-refractivity contribution >= 4 is 10.0 Å². The molecule has 0 radical (unpaired) electrons.